The quantitative estimate of drug-likeness (QED) is 0.0458. The zero-order valence-corrected chi connectivity index (χ0v) is 26.4. The SMILES string of the molecule is [N-]=[N+]=NCc1ccccc1[C@@H]1OC(c2ccc(OCCCO)cc2)=N[C@]1(Cc1ccc(Br)cc1)C(=O)NNCc1ccccc1F. The van der Waals surface area contributed by atoms with Crippen molar-refractivity contribution in [3.8, 4) is 5.75 Å². The number of aliphatic imine (C=N–C) groups is 1. The zero-order valence-electron chi connectivity index (χ0n) is 24.8. The molecule has 0 aliphatic carbocycles. The molecule has 0 saturated heterocycles. The summed E-state index contributed by atoms with van der Waals surface area (Å²) in [6, 6.07) is 28.3. The first-order valence-electron chi connectivity index (χ1n) is 14.6. The molecule has 10 nitrogen and oxygen atoms in total. The molecule has 1 heterocycles. The number of nitrogens with one attached hydrogen (secondary N) is 2. The molecular weight excluding hydrogens is 655 g/mol. The fraction of sp³-hybridized carbons (Fsp3) is 0.235. The van der Waals surface area contributed by atoms with Crippen molar-refractivity contribution in [3.63, 3.8) is 0 Å². The van der Waals surface area contributed by atoms with E-state index in [0.717, 1.165) is 10.0 Å². The summed E-state index contributed by atoms with van der Waals surface area (Å²) in [4.78, 5) is 22.4. The summed E-state index contributed by atoms with van der Waals surface area (Å²) in [5, 5.41) is 12.8. The third kappa shape index (κ3) is 7.72. The van der Waals surface area contributed by atoms with Gasteiger partial charge in [0.1, 0.15) is 11.6 Å². The Kier molecular flexibility index (Phi) is 11.0. The normalized spacial score (nSPS) is 17.0. The lowest BCUT2D eigenvalue weighted by Crippen LogP contribution is -2.53. The lowest BCUT2D eigenvalue weighted by atomic mass is 9.81. The van der Waals surface area contributed by atoms with Crippen LogP contribution < -0.4 is 15.6 Å². The number of carbonyl (C=O) groups is 1. The van der Waals surface area contributed by atoms with Gasteiger partial charge in [-0.2, -0.15) is 0 Å². The number of amides is 1. The smallest absolute Gasteiger partial charge is 0.266 e. The highest BCUT2D eigenvalue weighted by Gasteiger charge is 2.54. The van der Waals surface area contributed by atoms with E-state index < -0.39 is 23.4 Å². The number of rotatable bonds is 14. The van der Waals surface area contributed by atoms with E-state index in [-0.39, 0.29) is 32.0 Å². The van der Waals surface area contributed by atoms with Gasteiger partial charge < -0.3 is 14.6 Å². The van der Waals surface area contributed by atoms with E-state index in [1.807, 2.05) is 48.5 Å². The molecule has 0 bridgehead atoms. The zero-order chi connectivity index (χ0) is 32.4. The number of hydrazine groups is 1. The molecule has 1 aliphatic heterocycles. The van der Waals surface area contributed by atoms with Crippen molar-refractivity contribution in [1.82, 2.24) is 10.9 Å². The van der Waals surface area contributed by atoms with Crippen LogP contribution in [0.15, 0.2) is 112 Å². The molecule has 3 N–H and O–H groups in total. The molecule has 5 rings (SSSR count). The van der Waals surface area contributed by atoms with Crippen LogP contribution in [0.25, 0.3) is 10.4 Å². The number of ether oxygens (including phenoxy) is 2. The van der Waals surface area contributed by atoms with E-state index in [0.29, 0.717) is 41.0 Å². The van der Waals surface area contributed by atoms with Gasteiger partial charge in [0.15, 0.2) is 11.6 Å². The highest BCUT2D eigenvalue weighted by Crippen LogP contribution is 2.44. The van der Waals surface area contributed by atoms with Crippen molar-refractivity contribution >= 4 is 27.7 Å². The van der Waals surface area contributed by atoms with Crippen LogP contribution in [-0.2, 0) is 29.0 Å². The number of hydrogen-bond donors (Lipinski definition) is 3. The lowest BCUT2D eigenvalue weighted by molar-refractivity contribution is -0.130. The minimum atomic E-state index is -1.53. The first kappa shape index (κ1) is 32.6. The standard InChI is InChI=1S/C34H32BrFN6O4/c35-27-14-10-23(11-15-27)20-34(33(44)41-38-22-26-7-2-4-9-30(26)36)31(29-8-3-1-6-25(29)21-39-42-37)46-32(40-34)24-12-16-28(17-13-24)45-19-5-18-43/h1-4,6-17,31,38,43H,5,18-22H2,(H,41,44)/t31-,34-/m0/s1. The Bertz CT molecular complexity index is 1730. The number of carbonyl (C=O) groups excluding carboxylic acids is 1. The molecule has 46 heavy (non-hydrogen) atoms. The van der Waals surface area contributed by atoms with Crippen molar-refractivity contribution in [2.24, 2.45) is 10.1 Å². The van der Waals surface area contributed by atoms with Gasteiger partial charge in [0, 0.05) is 46.5 Å². The molecule has 2 atom stereocenters. The predicted molar refractivity (Wildman–Crippen MR) is 175 cm³/mol. The van der Waals surface area contributed by atoms with Gasteiger partial charge in [-0.1, -0.05) is 75.6 Å². The third-order valence-corrected chi connectivity index (χ3v) is 8.03. The van der Waals surface area contributed by atoms with Crippen molar-refractivity contribution in [1.29, 1.82) is 0 Å². The second kappa shape index (κ2) is 15.5. The molecule has 4 aromatic carbocycles. The number of aliphatic hydroxyl groups is 1. The van der Waals surface area contributed by atoms with Gasteiger partial charge in [0.05, 0.1) is 13.2 Å². The maximum absolute atomic E-state index is 14.4. The summed E-state index contributed by atoms with van der Waals surface area (Å²) >= 11 is 3.48. The van der Waals surface area contributed by atoms with Gasteiger partial charge >= 0.3 is 0 Å². The predicted octanol–water partition coefficient (Wildman–Crippen LogP) is 6.48. The first-order chi connectivity index (χ1) is 22.4. The van der Waals surface area contributed by atoms with Crippen LogP contribution in [0.4, 0.5) is 4.39 Å². The van der Waals surface area contributed by atoms with Gasteiger partial charge in [0.25, 0.3) is 5.91 Å². The molecule has 1 amide bonds. The summed E-state index contributed by atoms with van der Waals surface area (Å²) < 4.78 is 27.5. The first-order valence-corrected chi connectivity index (χ1v) is 15.4. The van der Waals surface area contributed by atoms with Crippen molar-refractivity contribution in [2.75, 3.05) is 13.2 Å². The van der Waals surface area contributed by atoms with Crippen LogP contribution in [0, 0.1) is 5.82 Å². The average Bonchev–Trinajstić information content (AvgIpc) is 3.46. The van der Waals surface area contributed by atoms with Crippen molar-refractivity contribution in [3.05, 3.63) is 146 Å². The Balaban J connectivity index is 1.57. The molecule has 0 saturated carbocycles. The Hall–Kier alpha value is -4.74. The summed E-state index contributed by atoms with van der Waals surface area (Å²) in [5.74, 6) is -0.0311. The number of aliphatic hydroxyl groups excluding tert-OH is 1. The van der Waals surface area contributed by atoms with E-state index in [9.17, 15) is 9.18 Å². The molecule has 0 unspecified atom stereocenters. The number of hydrogen-bond acceptors (Lipinski definition) is 7. The second-order valence-corrected chi connectivity index (χ2v) is 11.5. The topological polar surface area (TPSA) is 141 Å². The molecular formula is C34H32BrFN6O4. The monoisotopic (exact) mass is 686 g/mol. The van der Waals surface area contributed by atoms with E-state index in [2.05, 4.69) is 36.8 Å². The average molecular weight is 688 g/mol. The Labute approximate surface area is 274 Å². The van der Waals surface area contributed by atoms with Crippen LogP contribution in [-0.4, -0.2) is 35.7 Å². The van der Waals surface area contributed by atoms with Crippen LogP contribution in [0.5, 0.6) is 5.75 Å². The second-order valence-electron chi connectivity index (χ2n) is 10.6. The molecule has 1 aliphatic rings. The van der Waals surface area contributed by atoms with Gasteiger partial charge in [0.2, 0.25) is 5.90 Å². The van der Waals surface area contributed by atoms with Gasteiger partial charge in [-0.15, -0.1) is 0 Å². The maximum atomic E-state index is 14.4. The van der Waals surface area contributed by atoms with Crippen LogP contribution >= 0.6 is 15.9 Å². The Morgan fingerprint density at radius 1 is 1.04 bits per heavy atom. The van der Waals surface area contributed by atoms with Crippen LogP contribution in [0.2, 0.25) is 0 Å². The molecule has 4 aromatic rings. The number of halogens is 2. The highest BCUT2D eigenvalue weighted by atomic mass is 79.9. The molecule has 236 valence electrons. The van der Waals surface area contributed by atoms with Crippen LogP contribution in [0.3, 0.4) is 0 Å². The van der Waals surface area contributed by atoms with Gasteiger partial charge in [-0.3, -0.25) is 10.2 Å². The van der Waals surface area contributed by atoms with Crippen molar-refractivity contribution in [2.45, 2.75) is 37.6 Å². The Morgan fingerprint density at radius 2 is 1.76 bits per heavy atom. The summed E-state index contributed by atoms with van der Waals surface area (Å²) in [5.41, 5.74) is 16.3. The fourth-order valence-corrected chi connectivity index (χ4v) is 5.45. The van der Waals surface area contributed by atoms with E-state index >= 15 is 0 Å². The molecule has 12 heteroatoms. The van der Waals surface area contributed by atoms with Crippen LogP contribution in [0.1, 0.15) is 40.3 Å². The summed E-state index contributed by atoms with van der Waals surface area (Å²) in [7, 11) is 0. The largest absolute Gasteiger partial charge is 0.494 e. The summed E-state index contributed by atoms with van der Waals surface area (Å²) in [6.45, 7) is 0.486. The summed E-state index contributed by atoms with van der Waals surface area (Å²) in [6.07, 6.45) is -0.264. The minimum absolute atomic E-state index is 0.0307. The van der Waals surface area contributed by atoms with E-state index in [4.69, 9.17) is 25.1 Å². The van der Waals surface area contributed by atoms with Gasteiger partial charge in [-0.25, -0.2) is 14.8 Å². The lowest BCUT2D eigenvalue weighted by Gasteiger charge is -2.32. The molecule has 0 spiro atoms. The number of benzene rings is 4. The Morgan fingerprint density at radius 3 is 2.48 bits per heavy atom. The van der Waals surface area contributed by atoms with Gasteiger partial charge in [-0.05, 0) is 64.7 Å². The van der Waals surface area contributed by atoms with E-state index in [1.165, 1.54) is 6.07 Å². The number of azide groups is 1. The molecule has 0 fully saturated rings. The third-order valence-electron chi connectivity index (χ3n) is 7.50. The highest BCUT2D eigenvalue weighted by molar-refractivity contribution is 9.10. The number of nitrogens with zero attached hydrogens (tertiary/aromatic N) is 4. The minimum Gasteiger partial charge on any atom is -0.494 e. The maximum Gasteiger partial charge on any atom is 0.266 e. The van der Waals surface area contributed by atoms with Crippen molar-refractivity contribution < 1.29 is 23.8 Å². The molecule has 0 aromatic heterocycles. The fourth-order valence-electron chi connectivity index (χ4n) is 5.18. The van der Waals surface area contributed by atoms with E-state index in [1.54, 1.807) is 42.5 Å². The molecule has 0 radical (unpaired) electrons.